The van der Waals surface area contributed by atoms with Crippen LogP contribution in [0.3, 0.4) is 0 Å². The molecule has 0 spiro atoms. The van der Waals surface area contributed by atoms with Gasteiger partial charge >= 0.3 is 0 Å². The van der Waals surface area contributed by atoms with Crippen LogP contribution in [0.15, 0.2) is 45.7 Å². The summed E-state index contributed by atoms with van der Waals surface area (Å²) in [6.45, 7) is 4.33. The molecule has 2 unspecified atom stereocenters. The molecule has 0 saturated carbocycles. The van der Waals surface area contributed by atoms with Gasteiger partial charge in [0.05, 0.1) is 10.8 Å². The molecule has 5 heteroatoms. The highest BCUT2D eigenvalue weighted by atomic mass is 16.3. The summed E-state index contributed by atoms with van der Waals surface area (Å²) in [5, 5.41) is 4.64. The van der Waals surface area contributed by atoms with E-state index in [-0.39, 0.29) is 5.43 Å². The Hall–Kier alpha value is -2.40. The zero-order valence-electron chi connectivity index (χ0n) is 12.7. The molecule has 4 heterocycles. The Bertz CT molecular complexity index is 953. The van der Waals surface area contributed by atoms with Crippen LogP contribution >= 0.6 is 0 Å². The maximum absolute atomic E-state index is 12.7. The third-order valence-electron chi connectivity index (χ3n) is 5.18. The number of nitrogens with one attached hydrogen (secondary N) is 1. The number of hydrogen-bond donors (Lipinski definition) is 1. The van der Waals surface area contributed by atoms with Crippen LogP contribution in [-0.4, -0.2) is 31.2 Å². The number of nitrogens with zero attached hydrogens (tertiary/aromatic N) is 2. The van der Waals surface area contributed by atoms with Gasteiger partial charge in [-0.1, -0.05) is 0 Å². The van der Waals surface area contributed by atoms with Gasteiger partial charge in [0.2, 0.25) is 11.1 Å². The molecule has 2 aliphatic heterocycles. The van der Waals surface area contributed by atoms with E-state index in [1.165, 1.54) is 0 Å². The molecule has 0 aliphatic carbocycles. The monoisotopic (exact) mass is 307 g/mol. The molecule has 116 valence electrons. The lowest BCUT2D eigenvalue weighted by molar-refractivity contribution is 0.533. The predicted molar refractivity (Wildman–Crippen MR) is 89.8 cm³/mol. The van der Waals surface area contributed by atoms with Crippen LogP contribution in [0.4, 0.5) is 5.69 Å². The third kappa shape index (κ3) is 1.96. The topological polar surface area (TPSA) is 58.4 Å². The first-order valence-corrected chi connectivity index (χ1v) is 8.07. The molecule has 23 heavy (non-hydrogen) atoms. The van der Waals surface area contributed by atoms with E-state index in [2.05, 4.69) is 21.3 Å². The Morgan fingerprint density at radius 2 is 1.96 bits per heavy atom. The van der Waals surface area contributed by atoms with E-state index in [0.717, 1.165) is 43.7 Å². The van der Waals surface area contributed by atoms with E-state index >= 15 is 0 Å². The lowest BCUT2D eigenvalue weighted by Gasteiger charge is -2.20. The smallest absolute Gasteiger partial charge is 0.230 e. The van der Waals surface area contributed by atoms with Crippen LogP contribution in [0.1, 0.15) is 0 Å². The first-order chi connectivity index (χ1) is 11.3. The lowest BCUT2D eigenvalue weighted by Crippen LogP contribution is -2.25. The van der Waals surface area contributed by atoms with Gasteiger partial charge in [-0.25, -0.2) is 4.98 Å². The van der Waals surface area contributed by atoms with Gasteiger partial charge in [-0.3, -0.25) is 4.79 Å². The summed E-state index contributed by atoms with van der Waals surface area (Å²) in [5.74, 6) is 1.45. The summed E-state index contributed by atoms with van der Waals surface area (Å²) < 4.78 is 5.78. The van der Waals surface area contributed by atoms with Gasteiger partial charge in [0.1, 0.15) is 5.58 Å². The van der Waals surface area contributed by atoms with Crippen molar-refractivity contribution in [2.24, 2.45) is 11.8 Å². The Balaban J connectivity index is 1.63. The molecule has 2 aromatic heterocycles. The molecule has 2 atom stereocenters. The molecular formula is C18H17N3O2. The second kappa shape index (κ2) is 4.80. The summed E-state index contributed by atoms with van der Waals surface area (Å²) in [6.07, 6.45) is 1.64. The number of benzene rings is 1. The van der Waals surface area contributed by atoms with Crippen molar-refractivity contribution in [2.45, 2.75) is 0 Å². The maximum Gasteiger partial charge on any atom is 0.230 e. The molecule has 2 fully saturated rings. The van der Waals surface area contributed by atoms with E-state index in [4.69, 9.17) is 4.42 Å². The molecule has 1 aromatic carbocycles. The van der Waals surface area contributed by atoms with E-state index in [9.17, 15) is 4.79 Å². The molecule has 0 amide bonds. The fraction of sp³-hybridized carbons (Fsp3) is 0.333. The first kappa shape index (κ1) is 13.1. The van der Waals surface area contributed by atoms with Gasteiger partial charge in [-0.15, -0.1) is 0 Å². The Morgan fingerprint density at radius 1 is 1.13 bits per heavy atom. The van der Waals surface area contributed by atoms with Crippen molar-refractivity contribution in [2.75, 3.05) is 31.1 Å². The molecule has 2 aliphatic rings. The zero-order chi connectivity index (χ0) is 15.4. The third-order valence-corrected chi connectivity index (χ3v) is 5.18. The normalized spacial score (nSPS) is 23.7. The first-order valence-electron chi connectivity index (χ1n) is 8.07. The number of pyridine rings is 1. The van der Waals surface area contributed by atoms with Gasteiger partial charge in [-0.05, 0) is 42.2 Å². The van der Waals surface area contributed by atoms with Gasteiger partial charge in [-0.2, -0.15) is 0 Å². The SMILES string of the molecule is O=c1c2cc(N3CC4CNCC4C3)ccc2oc2ncccc12. The van der Waals surface area contributed by atoms with Crippen LogP contribution in [0, 0.1) is 11.8 Å². The van der Waals surface area contributed by atoms with E-state index < -0.39 is 0 Å². The second-order valence-electron chi connectivity index (χ2n) is 6.55. The quantitative estimate of drug-likeness (QED) is 0.697. The van der Waals surface area contributed by atoms with Crippen molar-refractivity contribution < 1.29 is 4.42 Å². The molecule has 5 nitrogen and oxygen atoms in total. The van der Waals surface area contributed by atoms with Gasteiger partial charge in [0.25, 0.3) is 0 Å². The van der Waals surface area contributed by atoms with Crippen LogP contribution in [0.2, 0.25) is 0 Å². The van der Waals surface area contributed by atoms with E-state index in [0.29, 0.717) is 22.1 Å². The molecule has 2 saturated heterocycles. The average molecular weight is 307 g/mol. The molecule has 1 N–H and O–H groups in total. The largest absolute Gasteiger partial charge is 0.437 e. The van der Waals surface area contributed by atoms with Gasteiger partial charge < -0.3 is 14.6 Å². The Kier molecular flexibility index (Phi) is 2.73. The molecule has 0 bridgehead atoms. The summed E-state index contributed by atoms with van der Waals surface area (Å²) >= 11 is 0. The minimum Gasteiger partial charge on any atom is -0.437 e. The maximum atomic E-state index is 12.7. The Labute approximate surface area is 132 Å². The van der Waals surface area contributed by atoms with Crippen molar-refractivity contribution in [3.05, 3.63) is 46.8 Å². The average Bonchev–Trinajstić information content (AvgIpc) is 3.17. The summed E-state index contributed by atoms with van der Waals surface area (Å²) in [6, 6.07) is 9.46. The highest BCUT2D eigenvalue weighted by molar-refractivity contribution is 5.89. The fourth-order valence-electron chi connectivity index (χ4n) is 3.94. The van der Waals surface area contributed by atoms with Crippen LogP contribution in [0.5, 0.6) is 0 Å². The minimum atomic E-state index is -0.00254. The van der Waals surface area contributed by atoms with E-state index in [1.54, 1.807) is 18.3 Å². The fourth-order valence-corrected chi connectivity index (χ4v) is 3.94. The van der Waals surface area contributed by atoms with Gasteiger partial charge in [0, 0.05) is 38.1 Å². The van der Waals surface area contributed by atoms with Crippen molar-refractivity contribution in [3.8, 4) is 0 Å². The predicted octanol–water partition coefficient (Wildman–Crippen LogP) is 2.00. The number of hydrogen-bond acceptors (Lipinski definition) is 5. The lowest BCUT2D eigenvalue weighted by atomic mass is 10.0. The number of anilines is 1. The molecule has 5 rings (SSSR count). The summed E-state index contributed by atoms with van der Waals surface area (Å²) in [5.41, 5.74) is 2.12. The summed E-state index contributed by atoms with van der Waals surface area (Å²) in [4.78, 5) is 19.3. The number of fused-ring (bicyclic) bond motifs is 3. The van der Waals surface area contributed by atoms with Gasteiger partial charge in [0.15, 0.2) is 0 Å². The van der Waals surface area contributed by atoms with Crippen molar-refractivity contribution in [1.29, 1.82) is 0 Å². The standard InChI is InChI=1S/C18H17N3O2/c22-17-14-2-1-5-20-18(14)23-16-4-3-13(6-15(16)17)21-9-11-7-19-8-12(11)10-21/h1-6,11-12,19H,7-10H2. The minimum absolute atomic E-state index is 0.00254. The van der Waals surface area contributed by atoms with Crippen LogP contribution < -0.4 is 15.6 Å². The number of rotatable bonds is 1. The van der Waals surface area contributed by atoms with Crippen LogP contribution in [0.25, 0.3) is 22.1 Å². The zero-order valence-corrected chi connectivity index (χ0v) is 12.7. The molecular weight excluding hydrogens is 290 g/mol. The van der Waals surface area contributed by atoms with Crippen molar-refractivity contribution in [1.82, 2.24) is 10.3 Å². The highest BCUT2D eigenvalue weighted by Gasteiger charge is 2.36. The van der Waals surface area contributed by atoms with Crippen molar-refractivity contribution in [3.63, 3.8) is 0 Å². The molecule has 0 radical (unpaired) electrons. The van der Waals surface area contributed by atoms with Crippen LogP contribution in [-0.2, 0) is 0 Å². The van der Waals surface area contributed by atoms with Crippen molar-refractivity contribution >= 4 is 27.8 Å². The Morgan fingerprint density at radius 3 is 2.78 bits per heavy atom. The van der Waals surface area contributed by atoms with E-state index in [1.807, 2.05) is 12.1 Å². The highest BCUT2D eigenvalue weighted by Crippen LogP contribution is 2.31. The second-order valence-corrected chi connectivity index (χ2v) is 6.55. The number of aromatic nitrogens is 1. The summed E-state index contributed by atoms with van der Waals surface area (Å²) in [7, 11) is 0. The molecule has 3 aromatic rings.